The molecule has 0 aromatic carbocycles. The molecule has 0 heterocycles. The van der Waals surface area contributed by atoms with Gasteiger partial charge in [0.1, 0.15) is 8.07 Å². The zero-order valence-electron chi connectivity index (χ0n) is 9.32. The molecular weight excluding hydrogens is 172 g/mol. The average molecular weight is 194 g/mol. The summed E-state index contributed by atoms with van der Waals surface area (Å²) in [5, 5.41) is 0. The molecule has 1 rings (SSSR count). The predicted molar refractivity (Wildman–Crippen MR) is 62.3 cm³/mol. The Hall–Kier alpha value is -0.223. The minimum Gasteiger partial charge on any atom is -0.132 e. The lowest BCUT2D eigenvalue weighted by Gasteiger charge is -2.19. The van der Waals surface area contributed by atoms with E-state index in [1.165, 1.54) is 38.5 Å². The average Bonchev–Trinajstić information content (AvgIpc) is 2.04. The summed E-state index contributed by atoms with van der Waals surface area (Å²) >= 11 is 0. The van der Waals surface area contributed by atoms with E-state index in [2.05, 4.69) is 31.1 Å². The fourth-order valence-electron chi connectivity index (χ4n) is 1.85. The van der Waals surface area contributed by atoms with Gasteiger partial charge in [0.15, 0.2) is 0 Å². The molecule has 0 spiro atoms. The van der Waals surface area contributed by atoms with Crippen LogP contribution in [-0.4, -0.2) is 8.07 Å². The van der Waals surface area contributed by atoms with Crippen LogP contribution in [0.5, 0.6) is 0 Å². The minimum absolute atomic E-state index is 0.928. The van der Waals surface area contributed by atoms with Crippen LogP contribution < -0.4 is 0 Å². The quantitative estimate of drug-likeness (QED) is 0.439. The third kappa shape index (κ3) is 5.16. The fraction of sp³-hybridized carbons (Fsp3) is 0.833. The van der Waals surface area contributed by atoms with Gasteiger partial charge >= 0.3 is 0 Å². The lowest BCUT2D eigenvalue weighted by molar-refractivity contribution is 0.365. The topological polar surface area (TPSA) is 0 Å². The molecule has 13 heavy (non-hydrogen) atoms. The van der Waals surface area contributed by atoms with Crippen LogP contribution in [0.15, 0.2) is 0 Å². The van der Waals surface area contributed by atoms with Crippen molar-refractivity contribution in [1.29, 1.82) is 0 Å². The highest BCUT2D eigenvalue weighted by Gasteiger charge is 2.12. The van der Waals surface area contributed by atoms with Gasteiger partial charge in [-0.15, -0.1) is 11.5 Å². The SMILES string of the molecule is C[Si](C)(C)C#CCC1CCCCC1. The van der Waals surface area contributed by atoms with Crippen molar-refractivity contribution in [2.24, 2.45) is 5.92 Å². The molecule has 1 saturated carbocycles. The Morgan fingerprint density at radius 1 is 1.08 bits per heavy atom. The summed E-state index contributed by atoms with van der Waals surface area (Å²) in [4.78, 5) is 0. The first-order valence-corrected chi connectivity index (χ1v) is 9.08. The Balaban J connectivity index is 2.27. The minimum atomic E-state index is -1.10. The smallest absolute Gasteiger partial charge is 0.129 e. The van der Waals surface area contributed by atoms with E-state index in [0.717, 1.165) is 5.92 Å². The summed E-state index contributed by atoms with van der Waals surface area (Å²) in [5.41, 5.74) is 3.46. The molecule has 0 atom stereocenters. The van der Waals surface area contributed by atoms with Gasteiger partial charge in [0, 0.05) is 6.42 Å². The van der Waals surface area contributed by atoms with Crippen LogP contribution in [0.3, 0.4) is 0 Å². The van der Waals surface area contributed by atoms with Crippen molar-refractivity contribution in [2.45, 2.75) is 58.2 Å². The van der Waals surface area contributed by atoms with Gasteiger partial charge in [0.25, 0.3) is 0 Å². The number of hydrogen-bond donors (Lipinski definition) is 0. The highest BCUT2D eigenvalue weighted by atomic mass is 28.3. The molecule has 74 valence electrons. The van der Waals surface area contributed by atoms with E-state index in [9.17, 15) is 0 Å². The van der Waals surface area contributed by atoms with Crippen molar-refractivity contribution in [1.82, 2.24) is 0 Å². The van der Waals surface area contributed by atoms with Gasteiger partial charge in [-0.1, -0.05) is 38.9 Å². The van der Waals surface area contributed by atoms with Crippen LogP contribution in [0.2, 0.25) is 19.6 Å². The van der Waals surface area contributed by atoms with Crippen molar-refractivity contribution in [3.63, 3.8) is 0 Å². The van der Waals surface area contributed by atoms with Gasteiger partial charge in [-0.2, -0.15) is 0 Å². The van der Waals surface area contributed by atoms with E-state index in [1.54, 1.807) is 0 Å². The van der Waals surface area contributed by atoms with E-state index in [0.29, 0.717) is 0 Å². The predicted octanol–water partition coefficient (Wildman–Crippen LogP) is 3.84. The Kier molecular flexibility index (Phi) is 4.06. The molecule has 0 aliphatic heterocycles. The fourth-order valence-corrected chi connectivity index (χ4v) is 2.48. The lowest BCUT2D eigenvalue weighted by atomic mass is 9.87. The van der Waals surface area contributed by atoms with Crippen molar-refractivity contribution < 1.29 is 0 Å². The highest BCUT2D eigenvalue weighted by Crippen LogP contribution is 2.25. The second kappa shape index (κ2) is 4.86. The van der Waals surface area contributed by atoms with Crippen molar-refractivity contribution in [2.75, 3.05) is 0 Å². The number of rotatable bonds is 1. The maximum atomic E-state index is 3.46. The molecule has 1 aliphatic carbocycles. The van der Waals surface area contributed by atoms with E-state index >= 15 is 0 Å². The molecule has 1 fully saturated rings. The second-order valence-electron chi connectivity index (χ2n) is 5.26. The Bertz CT molecular complexity index is 195. The summed E-state index contributed by atoms with van der Waals surface area (Å²) in [7, 11) is -1.10. The van der Waals surface area contributed by atoms with Crippen LogP contribution in [0.1, 0.15) is 38.5 Å². The van der Waals surface area contributed by atoms with Crippen molar-refractivity contribution >= 4 is 8.07 Å². The van der Waals surface area contributed by atoms with Crippen LogP contribution in [0, 0.1) is 17.4 Å². The molecule has 1 aliphatic rings. The summed E-state index contributed by atoms with van der Waals surface area (Å²) < 4.78 is 0. The van der Waals surface area contributed by atoms with Gasteiger partial charge in [0.05, 0.1) is 0 Å². The second-order valence-corrected chi connectivity index (χ2v) is 10.0. The van der Waals surface area contributed by atoms with Crippen LogP contribution in [-0.2, 0) is 0 Å². The van der Waals surface area contributed by atoms with Gasteiger partial charge in [-0.25, -0.2) is 0 Å². The van der Waals surface area contributed by atoms with Crippen LogP contribution >= 0.6 is 0 Å². The van der Waals surface area contributed by atoms with Gasteiger partial charge in [-0.05, 0) is 18.8 Å². The third-order valence-corrected chi connectivity index (χ3v) is 3.51. The van der Waals surface area contributed by atoms with E-state index in [-0.39, 0.29) is 0 Å². The van der Waals surface area contributed by atoms with Crippen LogP contribution in [0.25, 0.3) is 0 Å². The van der Waals surface area contributed by atoms with Crippen molar-refractivity contribution in [3.8, 4) is 11.5 Å². The molecule has 0 amide bonds. The first kappa shape index (κ1) is 10.9. The van der Waals surface area contributed by atoms with Crippen molar-refractivity contribution in [3.05, 3.63) is 0 Å². The molecule has 0 nitrogen and oxygen atoms in total. The monoisotopic (exact) mass is 194 g/mol. The molecule has 0 radical (unpaired) electrons. The molecule has 0 unspecified atom stereocenters. The summed E-state index contributed by atoms with van der Waals surface area (Å²) in [6.45, 7) is 6.96. The molecule has 0 bridgehead atoms. The summed E-state index contributed by atoms with van der Waals surface area (Å²) in [5.74, 6) is 4.34. The molecular formula is C12H22Si. The summed E-state index contributed by atoms with van der Waals surface area (Å²) in [6, 6.07) is 0. The van der Waals surface area contributed by atoms with Crippen LogP contribution in [0.4, 0.5) is 0 Å². The summed E-state index contributed by atoms with van der Waals surface area (Å²) in [6.07, 6.45) is 8.38. The lowest BCUT2D eigenvalue weighted by Crippen LogP contribution is -2.16. The van der Waals surface area contributed by atoms with Gasteiger partial charge in [-0.3, -0.25) is 0 Å². The molecule has 0 N–H and O–H groups in total. The zero-order chi connectivity index (χ0) is 9.73. The third-order valence-electron chi connectivity index (χ3n) is 2.58. The molecule has 1 heteroatoms. The maximum Gasteiger partial charge on any atom is 0.129 e. The standard InChI is InChI=1S/C12H22Si/c1-13(2,3)11-7-10-12-8-5-4-6-9-12/h12H,4-6,8-10H2,1-3H3. The van der Waals surface area contributed by atoms with E-state index < -0.39 is 8.07 Å². The molecule has 0 aromatic heterocycles. The van der Waals surface area contributed by atoms with E-state index in [1.807, 2.05) is 0 Å². The van der Waals surface area contributed by atoms with E-state index in [4.69, 9.17) is 0 Å². The normalized spacial score (nSPS) is 19.3. The first-order chi connectivity index (χ1) is 6.08. The van der Waals surface area contributed by atoms with Gasteiger partial charge < -0.3 is 0 Å². The zero-order valence-corrected chi connectivity index (χ0v) is 10.3. The Morgan fingerprint density at radius 3 is 2.23 bits per heavy atom. The number of hydrogen-bond acceptors (Lipinski definition) is 0. The largest absolute Gasteiger partial charge is 0.132 e. The Labute approximate surface area is 84.1 Å². The maximum absolute atomic E-state index is 3.46. The molecule has 0 saturated heterocycles. The molecule has 0 aromatic rings. The van der Waals surface area contributed by atoms with Gasteiger partial charge in [0.2, 0.25) is 0 Å². The Morgan fingerprint density at radius 2 is 1.69 bits per heavy atom. The first-order valence-electron chi connectivity index (χ1n) is 5.58. The highest BCUT2D eigenvalue weighted by molar-refractivity contribution is 6.83.